The maximum absolute atomic E-state index is 4.24. The lowest BCUT2D eigenvalue weighted by Gasteiger charge is -2.34. The fourth-order valence-electron chi connectivity index (χ4n) is 3.35. The number of anilines is 1. The molecule has 0 radical (unpaired) electrons. The summed E-state index contributed by atoms with van der Waals surface area (Å²) in [5.74, 6) is 1.91. The molecule has 1 aliphatic heterocycles. The van der Waals surface area contributed by atoms with Crippen LogP contribution >= 0.6 is 0 Å². The van der Waals surface area contributed by atoms with Crippen LogP contribution in [0.1, 0.15) is 58.8 Å². The van der Waals surface area contributed by atoms with Crippen LogP contribution in [-0.2, 0) is 0 Å². The van der Waals surface area contributed by atoms with E-state index < -0.39 is 0 Å². The van der Waals surface area contributed by atoms with Gasteiger partial charge in [0.1, 0.15) is 0 Å². The van der Waals surface area contributed by atoms with Crippen molar-refractivity contribution in [3.8, 4) is 0 Å². The second-order valence-electron chi connectivity index (χ2n) is 6.53. The molecule has 0 unspecified atom stereocenters. The summed E-state index contributed by atoms with van der Waals surface area (Å²) < 4.78 is 0. The molecule has 1 saturated heterocycles. The predicted molar refractivity (Wildman–Crippen MR) is 93.2 cm³/mol. The van der Waals surface area contributed by atoms with Gasteiger partial charge in [0, 0.05) is 25.3 Å². The minimum atomic E-state index is 0.597. The van der Waals surface area contributed by atoms with E-state index in [1.807, 2.05) is 6.07 Å². The van der Waals surface area contributed by atoms with Crippen LogP contribution in [0.3, 0.4) is 0 Å². The SMILES string of the molecule is CCCC[C@@H](CC)CCN[C@@H]1CCCN(c2cccnn2)C1. The van der Waals surface area contributed by atoms with Crippen LogP contribution in [0.15, 0.2) is 18.3 Å². The van der Waals surface area contributed by atoms with E-state index in [2.05, 4.69) is 40.3 Å². The first-order valence-electron chi connectivity index (χ1n) is 9.09. The summed E-state index contributed by atoms with van der Waals surface area (Å²) >= 11 is 0. The topological polar surface area (TPSA) is 41.0 Å². The zero-order valence-electron chi connectivity index (χ0n) is 14.3. The van der Waals surface area contributed by atoms with Crippen molar-refractivity contribution in [2.45, 2.75) is 64.8 Å². The largest absolute Gasteiger partial charge is 0.354 e. The molecule has 4 heteroatoms. The number of hydrogen-bond donors (Lipinski definition) is 1. The molecular weight excluding hydrogens is 272 g/mol. The maximum Gasteiger partial charge on any atom is 0.151 e. The third kappa shape index (κ3) is 5.56. The average Bonchev–Trinajstić information content (AvgIpc) is 2.59. The van der Waals surface area contributed by atoms with Gasteiger partial charge in [-0.05, 0) is 43.9 Å². The zero-order valence-corrected chi connectivity index (χ0v) is 14.3. The van der Waals surface area contributed by atoms with Gasteiger partial charge in [-0.15, -0.1) is 5.10 Å². The third-order valence-electron chi connectivity index (χ3n) is 4.83. The fourth-order valence-corrected chi connectivity index (χ4v) is 3.35. The molecule has 1 aliphatic rings. The van der Waals surface area contributed by atoms with E-state index in [-0.39, 0.29) is 0 Å². The van der Waals surface area contributed by atoms with Crippen molar-refractivity contribution in [1.29, 1.82) is 0 Å². The van der Waals surface area contributed by atoms with Gasteiger partial charge < -0.3 is 10.2 Å². The Morgan fingerprint density at radius 2 is 2.27 bits per heavy atom. The Morgan fingerprint density at radius 3 is 3.00 bits per heavy atom. The highest BCUT2D eigenvalue weighted by Gasteiger charge is 2.20. The molecule has 22 heavy (non-hydrogen) atoms. The maximum atomic E-state index is 4.24. The number of piperidine rings is 1. The Morgan fingerprint density at radius 1 is 1.36 bits per heavy atom. The summed E-state index contributed by atoms with van der Waals surface area (Å²) in [6.07, 6.45) is 11.0. The van der Waals surface area contributed by atoms with E-state index in [0.717, 1.165) is 31.4 Å². The quantitative estimate of drug-likeness (QED) is 0.756. The van der Waals surface area contributed by atoms with Gasteiger partial charge in [0.25, 0.3) is 0 Å². The van der Waals surface area contributed by atoms with Gasteiger partial charge in [0.2, 0.25) is 0 Å². The lowest BCUT2D eigenvalue weighted by atomic mass is 9.95. The lowest BCUT2D eigenvalue weighted by Crippen LogP contribution is -2.46. The zero-order chi connectivity index (χ0) is 15.6. The molecule has 0 amide bonds. The van der Waals surface area contributed by atoms with E-state index in [0.29, 0.717) is 6.04 Å². The minimum Gasteiger partial charge on any atom is -0.354 e. The molecule has 2 rings (SSSR count). The van der Waals surface area contributed by atoms with Gasteiger partial charge in [0.05, 0.1) is 0 Å². The van der Waals surface area contributed by atoms with Gasteiger partial charge in [-0.25, -0.2) is 0 Å². The number of hydrogen-bond acceptors (Lipinski definition) is 4. The standard InChI is InChI=1S/C18H32N4/c1-3-5-8-16(4-2)11-13-19-17-9-7-14-22(15-17)18-10-6-12-20-21-18/h6,10,12,16-17,19H,3-5,7-9,11,13-15H2,1-2H3/t16-,17-/m1/s1. The summed E-state index contributed by atoms with van der Waals surface area (Å²) in [4.78, 5) is 2.36. The van der Waals surface area contributed by atoms with Gasteiger partial charge in [-0.2, -0.15) is 5.10 Å². The molecule has 1 fully saturated rings. The molecule has 4 nitrogen and oxygen atoms in total. The first-order chi connectivity index (χ1) is 10.8. The number of unbranched alkanes of at least 4 members (excludes halogenated alkanes) is 1. The first kappa shape index (κ1) is 17.2. The predicted octanol–water partition coefficient (Wildman–Crippen LogP) is 3.64. The highest BCUT2D eigenvalue weighted by atomic mass is 15.3. The van der Waals surface area contributed by atoms with Crippen LogP contribution in [0, 0.1) is 5.92 Å². The summed E-state index contributed by atoms with van der Waals surface area (Å²) in [7, 11) is 0. The van der Waals surface area contributed by atoms with Crippen LogP contribution in [0.4, 0.5) is 5.82 Å². The fraction of sp³-hybridized carbons (Fsp3) is 0.778. The summed E-state index contributed by atoms with van der Waals surface area (Å²) in [6.45, 7) is 7.93. The van der Waals surface area contributed by atoms with Crippen molar-refractivity contribution < 1.29 is 0 Å². The van der Waals surface area contributed by atoms with E-state index in [1.54, 1.807) is 6.20 Å². The van der Waals surface area contributed by atoms with Crippen molar-refractivity contribution in [3.63, 3.8) is 0 Å². The number of aromatic nitrogens is 2. The van der Waals surface area contributed by atoms with E-state index in [9.17, 15) is 0 Å². The highest BCUT2D eigenvalue weighted by molar-refractivity contribution is 5.37. The van der Waals surface area contributed by atoms with Gasteiger partial charge >= 0.3 is 0 Å². The molecule has 124 valence electrons. The van der Waals surface area contributed by atoms with Gasteiger partial charge in [0.15, 0.2) is 5.82 Å². The van der Waals surface area contributed by atoms with Crippen LogP contribution in [-0.4, -0.2) is 35.9 Å². The van der Waals surface area contributed by atoms with Gasteiger partial charge in [-0.1, -0.05) is 39.5 Å². The van der Waals surface area contributed by atoms with Crippen LogP contribution in [0.2, 0.25) is 0 Å². The lowest BCUT2D eigenvalue weighted by molar-refractivity contribution is 0.370. The first-order valence-corrected chi connectivity index (χ1v) is 9.09. The van der Waals surface area contributed by atoms with Crippen LogP contribution < -0.4 is 10.2 Å². The van der Waals surface area contributed by atoms with Crippen LogP contribution in [0.5, 0.6) is 0 Å². The molecule has 2 heterocycles. The molecule has 0 saturated carbocycles. The highest BCUT2D eigenvalue weighted by Crippen LogP contribution is 2.18. The normalized spacial score (nSPS) is 20.1. The third-order valence-corrected chi connectivity index (χ3v) is 4.83. The van der Waals surface area contributed by atoms with E-state index in [4.69, 9.17) is 0 Å². The minimum absolute atomic E-state index is 0.597. The molecule has 1 aromatic heterocycles. The second-order valence-corrected chi connectivity index (χ2v) is 6.53. The number of rotatable bonds is 9. The second kappa shape index (κ2) is 9.78. The van der Waals surface area contributed by atoms with E-state index in [1.165, 1.54) is 44.9 Å². The Labute approximate surface area is 135 Å². The van der Waals surface area contributed by atoms with Crippen molar-refractivity contribution in [3.05, 3.63) is 18.3 Å². The summed E-state index contributed by atoms with van der Waals surface area (Å²) in [5.41, 5.74) is 0. The molecule has 2 atom stereocenters. The summed E-state index contributed by atoms with van der Waals surface area (Å²) in [6, 6.07) is 4.63. The Kier molecular flexibility index (Phi) is 7.64. The Bertz CT molecular complexity index is 395. The molecule has 0 bridgehead atoms. The molecule has 1 aromatic rings. The van der Waals surface area contributed by atoms with Crippen molar-refractivity contribution in [2.75, 3.05) is 24.5 Å². The molecule has 0 aromatic carbocycles. The number of nitrogens with one attached hydrogen (secondary N) is 1. The van der Waals surface area contributed by atoms with Crippen molar-refractivity contribution >= 4 is 5.82 Å². The Hall–Kier alpha value is -1.16. The average molecular weight is 304 g/mol. The smallest absolute Gasteiger partial charge is 0.151 e. The number of nitrogens with zero attached hydrogens (tertiary/aromatic N) is 3. The van der Waals surface area contributed by atoms with Crippen LogP contribution in [0.25, 0.3) is 0 Å². The van der Waals surface area contributed by atoms with Gasteiger partial charge in [-0.3, -0.25) is 0 Å². The van der Waals surface area contributed by atoms with E-state index >= 15 is 0 Å². The molecule has 1 N–H and O–H groups in total. The molecule has 0 spiro atoms. The summed E-state index contributed by atoms with van der Waals surface area (Å²) in [5, 5.41) is 12.0. The van der Waals surface area contributed by atoms with Crippen molar-refractivity contribution in [1.82, 2.24) is 15.5 Å². The Balaban J connectivity index is 1.71. The van der Waals surface area contributed by atoms with Crippen molar-refractivity contribution in [2.24, 2.45) is 5.92 Å². The molecular formula is C18H32N4. The monoisotopic (exact) mass is 304 g/mol. The molecule has 0 aliphatic carbocycles.